The molecule has 0 spiro atoms. The van der Waals surface area contributed by atoms with Gasteiger partial charge in [-0.2, -0.15) is 0 Å². The molecule has 2 aromatic heterocycles. The van der Waals surface area contributed by atoms with Crippen LogP contribution in [0.5, 0.6) is 0 Å². The lowest BCUT2D eigenvalue weighted by Gasteiger charge is -2.34. The number of rotatable bonds is 8. The predicted molar refractivity (Wildman–Crippen MR) is 122 cm³/mol. The van der Waals surface area contributed by atoms with E-state index in [1.807, 2.05) is 29.8 Å². The molecule has 0 unspecified atom stereocenters. The van der Waals surface area contributed by atoms with Crippen LogP contribution in [0.15, 0.2) is 24.5 Å². The molecular weight excluding hydrogens is 394 g/mol. The summed E-state index contributed by atoms with van der Waals surface area (Å²) in [4.78, 5) is 31.3. The number of anilines is 1. The van der Waals surface area contributed by atoms with Crippen LogP contribution in [0.25, 0.3) is 0 Å². The number of unbranched alkanes of at least 4 members (excludes halogenated alkanes) is 1. The second-order valence-electron chi connectivity index (χ2n) is 8.28. The van der Waals surface area contributed by atoms with Gasteiger partial charge in [0.05, 0.1) is 5.56 Å². The zero-order chi connectivity index (χ0) is 20.8. The maximum Gasteiger partial charge on any atom is 0.254 e. The largest absolute Gasteiger partial charge is 0.339 e. The van der Waals surface area contributed by atoms with Crippen molar-refractivity contribution in [2.45, 2.75) is 45.4 Å². The van der Waals surface area contributed by atoms with Crippen LogP contribution in [0, 0.1) is 0 Å². The van der Waals surface area contributed by atoms with E-state index in [1.54, 1.807) is 0 Å². The van der Waals surface area contributed by atoms with Crippen LogP contribution in [0.1, 0.15) is 52.7 Å². The Bertz CT molecular complexity index is 816. The third-order valence-corrected chi connectivity index (χ3v) is 7.32. The van der Waals surface area contributed by atoms with Gasteiger partial charge in [0.15, 0.2) is 0 Å². The zero-order valence-electron chi connectivity index (χ0n) is 18.1. The molecule has 4 rings (SSSR count). The molecule has 2 aliphatic heterocycles. The first-order valence-electron chi connectivity index (χ1n) is 11.4. The molecular formula is C23H33N5OS. The summed E-state index contributed by atoms with van der Waals surface area (Å²) in [6, 6.07) is 4.03. The minimum Gasteiger partial charge on any atom is -0.339 e. The van der Waals surface area contributed by atoms with Crippen LogP contribution in [0.3, 0.4) is 0 Å². The molecule has 0 atom stereocenters. The fourth-order valence-electron chi connectivity index (χ4n) is 4.40. The summed E-state index contributed by atoms with van der Waals surface area (Å²) < 4.78 is 0. The van der Waals surface area contributed by atoms with Crippen molar-refractivity contribution in [3.63, 3.8) is 0 Å². The Morgan fingerprint density at radius 3 is 2.57 bits per heavy atom. The number of carbonyl (C=O) groups excluding carboxylic acids is 1. The van der Waals surface area contributed by atoms with E-state index in [0.717, 1.165) is 95.9 Å². The highest BCUT2D eigenvalue weighted by molar-refractivity contribution is 7.12. The standard InChI is InChI=1S/C23H33N5OS/c1-2-7-19-18-20-21(30-19)8-5-13-27(22(20)29)12-4-3-11-26-14-16-28(17-15-26)23-24-9-6-10-25-23/h6,9-10,18H,2-5,7-8,11-17H2,1H3. The number of hydrogen-bond donors (Lipinski definition) is 0. The van der Waals surface area contributed by atoms with E-state index in [1.165, 1.54) is 9.75 Å². The van der Waals surface area contributed by atoms with E-state index in [4.69, 9.17) is 0 Å². The molecule has 0 saturated carbocycles. The number of nitrogens with zero attached hydrogens (tertiary/aromatic N) is 5. The Labute approximate surface area is 183 Å². The first kappa shape index (κ1) is 21.2. The second-order valence-corrected chi connectivity index (χ2v) is 9.50. The lowest BCUT2D eigenvalue weighted by Crippen LogP contribution is -2.47. The van der Waals surface area contributed by atoms with Crippen molar-refractivity contribution >= 4 is 23.2 Å². The van der Waals surface area contributed by atoms with Gasteiger partial charge in [-0.25, -0.2) is 9.97 Å². The molecule has 2 aliphatic rings. The first-order chi connectivity index (χ1) is 14.7. The quantitative estimate of drug-likeness (QED) is 0.604. The molecule has 2 aromatic rings. The van der Waals surface area contributed by atoms with Gasteiger partial charge in [-0.05, 0) is 50.8 Å². The summed E-state index contributed by atoms with van der Waals surface area (Å²) in [6.45, 7) is 9.17. The third kappa shape index (κ3) is 5.19. The Balaban J connectivity index is 1.20. The summed E-state index contributed by atoms with van der Waals surface area (Å²) >= 11 is 1.86. The van der Waals surface area contributed by atoms with Crippen LogP contribution in [0.4, 0.5) is 5.95 Å². The lowest BCUT2D eigenvalue weighted by molar-refractivity contribution is 0.0756. The Morgan fingerprint density at radius 1 is 1.03 bits per heavy atom. The number of aromatic nitrogens is 2. The van der Waals surface area contributed by atoms with Crippen molar-refractivity contribution in [1.82, 2.24) is 19.8 Å². The van der Waals surface area contributed by atoms with Gasteiger partial charge < -0.3 is 9.80 Å². The smallest absolute Gasteiger partial charge is 0.254 e. The minimum atomic E-state index is 0.262. The van der Waals surface area contributed by atoms with Gasteiger partial charge in [0, 0.05) is 61.4 Å². The molecule has 1 saturated heterocycles. The molecule has 1 amide bonds. The Hall–Kier alpha value is -1.99. The average Bonchev–Trinajstić information content (AvgIpc) is 3.12. The highest BCUT2D eigenvalue weighted by Gasteiger charge is 2.24. The summed E-state index contributed by atoms with van der Waals surface area (Å²) in [7, 11) is 0. The van der Waals surface area contributed by atoms with E-state index >= 15 is 0 Å². The third-order valence-electron chi connectivity index (χ3n) is 6.07. The molecule has 4 heterocycles. The average molecular weight is 428 g/mol. The van der Waals surface area contributed by atoms with Crippen molar-refractivity contribution < 1.29 is 4.79 Å². The molecule has 0 bridgehead atoms. The van der Waals surface area contributed by atoms with Crippen LogP contribution in [0.2, 0.25) is 0 Å². The van der Waals surface area contributed by atoms with Crippen molar-refractivity contribution in [3.8, 4) is 0 Å². The predicted octanol–water partition coefficient (Wildman–Crippen LogP) is 3.48. The Morgan fingerprint density at radius 2 is 1.80 bits per heavy atom. The van der Waals surface area contributed by atoms with E-state index < -0.39 is 0 Å². The van der Waals surface area contributed by atoms with Gasteiger partial charge in [0.1, 0.15) is 0 Å². The van der Waals surface area contributed by atoms with Crippen molar-refractivity contribution in [2.24, 2.45) is 0 Å². The summed E-state index contributed by atoms with van der Waals surface area (Å²) in [6.07, 6.45) is 10.2. The van der Waals surface area contributed by atoms with Gasteiger partial charge in [0.2, 0.25) is 5.95 Å². The van der Waals surface area contributed by atoms with E-state index in [-0.39, 0.29) is 5.91 Å². The number of carbonyl (C=O) groups is 1. The number of piperazine rings is 1. The van der Waals surface area contributed by atoms with E-state index in [9.17, 15) is 4.79 Å². The Kier molecular flexibility index (Phi) is 7.33. The van der Waals surface area contributed by atoms with Crippen molar-refractivity contribution in [3.05, 3.63) is 39.8 Å². The van der Waals surface area contributed by atoms with Gasteiger partial charge in [0.25, 0.3) is 5.91 Å². The van der Waals surface area contributed by atoms with E-state index in [2.05, 4.69) is 37.7 Å². The van der Waals surface area contributed by atoms with Gasteiger partial charge >= 0.3 is 0 Å². The van der Waals surface area contributed by atoms with Gasteiger partial charge in [-0.3, -0.25) is 9.69 Å². The normalized spacial score (nSPS) is 17.8. The number of hydrogen-bond acceptors (Lipinski definition) is 6. The second kappa shape index (κ2) is 10.4. The number of aryl methyl sites for hydroxylation is 2. The monoisotopic (exact) mass is 427 g/mol. The van der Waals surface area contributed by atoms with Gasteiger partial charge in [-0.15, -0.1) is 11.3 Å². The van der Waals surface area contributed by atoms with E-state index in [0.29, 0.717) is 0 Å². The van der Waals surface area contributed by atoms with Crippen LogP contribution in [-0.4, -0.2) is 71.5 Å². The molecule has 0 aromatic carbocycles. The highest BCUT2D eigenvalue weighted by atomic mass is 32.1. The summed E-state index contributed by atoms with van der Waals surface area (Å²) in [5.41, 5.74) is 0.986. The molecule has 1 fully saturated rings. The van der Waals surface area contributed by atoms with Crippen LogP contribution in [-0.2, 0) is 12.8 Å². The molecule has 6 nitrogen and oxygen atoms in total. The number of fused-ring (bicyclic) bond motifs is 1. The molecule has 0 N–H and O–H groups in total. The number of thiophene rings is 1. The fourth-order valence-corrected chi connectivity index (χ4v) is 5.70. The first-order valence-corrected chi connectivity index (χ1v) is 12.2. The summed E-state index contributed by atoms with van der Waals surface area (Å²) in [5.74, 6) is 1.10. The van der Waals surface area contributed by atoms with Crippen LogP contribution < -0.4 is 4.90 Å². The maximum absolute atomic E-state index is 13.0. The zero-order valence-corrected chi connectivity index (χ0v) is 18.9. The summed E-state index contributed by atoms with van der Waals surface area (Å²) in [5, 5.41) is 0. The molecule has 30 heavy (non-hydrogen) atoms. The molecule has 7 heteroatoms. The maximum atomic E-state index is 13.0. The fraction of sp³-hybridized carbons (Fsp3) is 0.609. The van der Waals surface area contributed by atoms with Crippen molar-refractivity contribution in [1.29, 1.82) is 0 Å². The molecule has 0 aliphatic carbocycles. The highest BCUT2D eigenvalue weighted by Crippen LogP contribution is 2.28. The van der Waals surface area contributed by atoms with Gasteiger partial charge in [-0.1, -0.05) is 13.3 Å². The lowest BCUT2D eigenvalue weighted by atomic mass is 10.1. The molecule has 162 valence electrons. The number of amides is 1. The molecule has 0 radical (unpaired) electrons. The van der Waals surface area contributed by atoms with Crippen LogP contribution >= 0.6 is 11.3 Å². The minimum absolute atomic E-state index is 0.262. The SMILES string of the molecule is CCCc1cc2c(s1)CCCN(CCCCN1CCN(c3ncccn3)CC1)C2=O. The topological polar surface area (TPSA) is 52.6 Å². The van der Waals surface area contributed by atoms with Crippen molar-refractivity contribution in [2.75, 3.05) is 50.7 Å².